The van der Waals surface area contributed by atoms with Crippen LogP contribution in [0.5, 0.6) is 0 Å². The highest BCUT2D eigenvalue weighted by atomic mass is 16.5. The van der Waals surface area contributed by atoms with Crippen LogP contribution in [0.2, 0.25) is 0 Å². The van der Waals surface area contributed by atoms with E-state index in [1.54, 1.807) is 0 Å². The SMILES string of the molecule is CCCC[C@H](NC(=O)CC1CCCC1NC(=O)OCC1c2ccccc2-c2ccccc21)C(=O)O. The van der Waals surface area contributed by atoms with Crippen molar-refractivity contribution in [2.24, 2.45) is 5.92 Å². The number of carboxylic acids is 1. The van der Waals surface area contributed by atoms with E-state index in [2.05, 4.69) is 34.9 Å². The van der Waals surface area contributed by atoms with Gasteiger partial charge in [0.2, 0.25) is 5.91 Å². The molecule has 35 heavy (non-hydrogen) atoms. The van der Waals surface area contributed by atoms with Crippen LogP contribution in [0.3, 0.4) is 0 Å². The van der Waals surface area contributed by atoms with Gasteiger partial charge in [0.25, 0.3) is 0 Å². The summed E-state index contributed by atoms with van der Waals surface area (Å²) in [6.07, 6.45) is 4.25. The minimum atomic E-state index is -1.01. The second-order valence-electron chi connectivity index (χ2n) is 9.57. The molecule has 1 saturated carbocycles. The number of carbonyl (C=O) groups is 3. The number of aliphatic carboxylic acids is 1. The van der Waals surface area contributed by atoms with Gasteiger partial charge in [0.1, 0.15) is 12.6 Å². The van der Waals surface area contributed by atoms with E-state index in [0.29, 0.717) is 6.42 Å². The van der Waals surface area contributed by atoms with Crippen molar-refractivity contribution in [3.05, 3.63) is 59.7 Å². The standard InChI is InChI=1S/C28H34N2O5/c1-2-3-14-25(27(32)33)29-26(31)16-18-9-8-15-24(18)30-28(34)35-17-23-21-12-6-4-10-19(21)20-11-5-7-13-22(20)23/h4-7,10-13,18,23-25H,2-3,8-9,14-17H2,1H3,(H,29,31)(H,30,34)(H,32,33)/t18?,24?,25-/m0/s1. The van der Waals surface area contributed by atoms with Crippen LogP contribution < -0.4 is 10.6 Å². The van der Waals surface area contributed by atoms with E-state index in [1.165, 1.54) is 11.1 Å². The van der Waals surface area contributed by atoms with Crippen molar-refractivity contribution < 1.29 is 24.2 Å². The molecule has 0 heterocycles. The summed E-state index contributed by atoms with van der Waals surface area (Å²) in [6.45, 7) is 2.23. The van der Waals surface area contributed by atoms with Crippen LogP contribution in [-0.2, 0) is 14.3 Å². The zero-order valence-electron chi connectivity index (χ0n) is 20.2. The summed E-state index contributed by atoms with van der Waals surface area (Å²) >= 11 is 0. The molecule has 2 aromatic rings. The van der Waals surface area contributed by atoms with Crippen LogP contribution in [0.1, 0.15) is 68.9 Å². The molecule has 2 aliphatic rings. The fourth-order valence-electron chi connectivity index (χ4n) is 5.42. The summed E-state index contributed by atoms with van der Waals surface area (Å²) in [6, 6.07) is 15.4. The van der Waals surface area contributed by atoms with Crippen LogP contribution in [0, 0.1) is 5.92 Å². The Bertz CT molecular complexity index is 1020. The summed E-state index contributed by atoms with van der Waals surface area (Å²) in [5.41, 5.74) is 4.68. The van der Waals surface area contributed by atoms with Gasteiger partial charge in [-0.3, -0.25) is 4.79 Å². The molecule has 7 nitrogen and oxygen atoms in total. The summed E-state index contributed by atoms with van der Waals surface area (Å²) in [7, 11) is 0. The Morgan fingerprint density at radius 2 is 1.69 bits per heavy atom. The molecule has 4 rings (SSSR count). The van der Waals surface area contributed by atoms with Crippen molar-refractivity contribution >= 4 is 18.0 Å². The van der Waals surface area contributed by atoms with Gasteiger partial charge in [-0.05, 0) is 47.4 Å². The molecule has 2 aliphatic carbocycles. The molecule has 1 fully saturated rings. The van der Waals surface area contributed by atoms with Crippen molar-refractivity contribution in [1.82, 2.24) is 10.6 Å². The topological polar surface area (TPSA) is 105 Å². The maximum Gasteiger partial charge on any atom is 0.407 e. The number of carboxylic acid groups (broad SMARTS) is 1. The quantitative estimate of drug-likeness (QED) is 0.453. The van der Waals surface area contributed by atoms with Gasteiger partial charge in [-0.2, -0.15) is 0 Å². The lowest BCUT2D eigenvalue weighted by Gasteiger charge is -2.22. The van der Waals surface area contributed by atoms with E-state index in [9.17, 15) is 19.5 Å². The Kier molecular flexibility index (Phi) is 8.06. The highest BCUT2D eigenvalue weighted by molar-refractivity contribution is 5.83. The molecule has 0 saturated heterocycles. The molecule has 2 amide bonds. The first-order valence-electron chi connectivity index (χ1n) is 12.6. The van der Waals surface area contributed by atoms with Crippen LogP contribution in [0.15, 0.2) is 48.5 Å². The molecule has 0 aromatic heterocycles. The smallest absolute Gasteiger partial charge is 0.407 e. The number of carbonyl (C=O) groups excluding carboxylic acids is 2. The Labute approximate surface area is 206 Å². The van der Waals surface area contributed by atoms with Gasteiger partial charge in [-0.15, -0.1) is 0 Å². The third-order valence-electron chi connectivity index (χ3n) is 7.23. The number of ether oxygens (including phenoxy) is 1. The van der Waals surface area contributed by atoms with Crippen LogP contribution in [0.25, 0.3) is 11.1 Å². The lowest BCUT2D eigenvalue weighted by molar-refractivity contribution is -0.142. The second kappa shape index (κ2) is 11.4. The van der Waals surface area contributed by atoms with Crippen molar-refractivity contribution in [3.63, 3.8) is 0 Å². The molecule has 2 unspecified atom stereocenters. The lowest BCUT2D eigenvalue weighted by atomic mass is 9.98. The van der Waals surface area contributed by atoms with Crippen molar-refractivity contribution in [2.75, 3.05) is 6.61 Å². The largest absolute Gasteiger partial charge is 0.480 e. The first-order chi connectivity index (χ1) is 17.0. The number of nitrogens with one attached hydrogen (secondary N) is 2. The van der Waals surface area contributed by atoms with Gasteiger partial charge in [-0.25, -0.2) is 9.59 Å². The molecule has 3 N–H and O–H groups in total. The monoisotopic (exact) mass is 478 g/mol. The minimum absolute atomic E-state index is 0.00521. The van der Waals surface area contributed by atoms with Gasteiger partial charge < -0.3 is 20.5 Å². The number of alkyl carbamates (subject to hydrolysis) is 1. The molecule has 186 valence electrons. The zero-order valence-corrected chi connectivity index (χ0v) is 20.2. The van der Waals surface area contributed by atoms with E-state index in [1.807, 2.05) is 31.2 Å². The fraction of sp³-hybridized carbons (Fsp3) is 0.464. The Morgan fingerprint density at radius 1 is 1.03 bits per heavy atom. The minimum Gasteiger partial charge on any atom is -0.480 e. The number of amides is 2. The van der Waals surface area contributed by atoms with Gasteiger partial charge in [-0.1, -0.05) is 74.7 Å². The first-order valence-corrected chi connectivity index (χ1v) is 12.6. The van der Waals surface area contributed by atoms with E-state index >= 15 is 0 Å². The van der Waals surface area contributed by atoms with E-state index in [-0.39, 0.29) is 36.8 Å². The molecule has 0 bridgehead atoms. The Balaban J connectivity index is 1.30. The summed E-state index contributed by atoms with van der Waals surface area (Å²) in [5.74, 6) is -1.32. The summed E-state index contributed by atoms with van der Waals surface area (Å²) < 4.78 is 5.67. The third-order valence-corrected chi connectivity index (χ3v) is 7.23. The first kappa shape index (κ1) is 24.8. The number of hydrogen-bond donors (Lipinski definition) is 3. The normalized spacial score (nSPS) is 19.5. The molecule has 7 heteroatoms. The third kappa shape index (κ3) is 5.84. The number of fused-ring (bicyclic) bond motifs is 3. The molecule has 0 aliphatic heterocycles. The molecular weight excluding hydrogens is 444 g/mol. The Hall–Kier alpha value is -3.35. The van der Waals surface area contributed by atoms with Gasteiger partial charge in [0, 0.05) is 18.4 Å². The number of unbranched alkanes of at least 4 members (excludes halogenated alkanes) is 1. The number of rotatable bonds is 10. The summed E-state index contributed by atoms with van der Waals surface area (Å²) in [5, 5.41) is 15.0. The predicted molar refractivity (Wildman–Crippen MR) is 133 cm³/mol. The van der Waals surface area contributed by atoms with Gasteiger partial charge >= 0.3 is 12.1 Å². The fourth-order valence-corrected chi connectivity index (χ4v) is 5.42. The highest BCUT2D eigenvalue weighted by Gasteiger charge is 2.33. The maximum atomic E-state index is 12.7. The number of hydrogen-bond acceptors (Lipinski definition) is 4. The van der Waals surface area contributed by atoms with Crippen molar-refractivity contribution in [1.29, 1.82) is 0 Å². The molecule has 2 aromatic carbocycles. The van der Waals surface area contributed by atoms with Crippen LogP contribution >= 0.6 is 0 Å². The molecule has 3 atom stereocenters. The van der Waals surface area contributed by atoms with E-state index in [0.717, 1.165) is 43.2 Å². The summed E-state index contributed by atoms with van der Waals surface area (Å²) in [4.78, 5) is 36.6. The molecule has 0 spiro atoms. The van der Waals surface area contributed by atoms with Crippen molar-refractivity contribution in [2.45, 2.75) is 69.9 Å². The van der Waals surface area contributed by atoms with Crippen LogP contribution in [-0.4, -0.2) is 41.8 Å². The Morgan fingerprint density at radius 3 is 2.31 bits per heavy atom. The molecular formula is C28H34N2O5. The zero-order chi connectivity index (χ0) is 24.8. The second-order valence-corrected chi connectivity index (χ2v) is 9.57. The van der Waals surface area contributed by atoms with Crippen LogP contribution in [0.4, 0.5) is 4.79 Å². The van der Waals surface area contributed by atoms with Gasteiger partial charge in [0.05, 0.1) is 0 Å². The van der Waals surface area contributed by atoms with E-state index in [4.69, 9.17) is 4.74 Å². The maximum absolute atomic E-state index is 12.7. The highest BCUT2D eigenvalue weighted by Crippen LogP contribution is 2.44. The van der Waals surface area contributed by atoms with Crippen molar-refractivity contribution in [3.8, 4) is 11.1 Å². The average molecular weight is 479 g/mol. The number of benzene rings is 2. The molecule has 0 radical (unpaired) electrons. The van der Waals surface area contributed by atoms with Gasteiger partial charge in [0.15, 0.2) is 0 Å². The average Bonchev–Trinajstić information content (AvgIpc) is 3.42. The predicted octanol–water partition coefficient (Wildman–Crippen LogP) is 4.84. The van der Waals surface area contributed by atoms with E-state index < -0.39 is 18.1 Å². The lowest BCUT2D eigenvalue weighted by Crippen LogP contribution is -2.44.